The van der Waals surface area contributed by atoms with Crippen molar-refractivity contribution in [1.82, 2.24) is 25.5 Å². The number of hydrogen-bond donors (Lipinski definition) is 1. The van der Waals surface area contributed by atoms with Gasteiger partial charge in [-0.15, -0.1) is 5.10 Å². The summed E-state index contributed by atoms with van der Waals surface area (Å²) in [6.45, 7) is 6.79. The number of carbonyl (C=O) groups is 1. The van der Waals surface area contributed by atoms with Crippen molar-refractivity contribution in [2.75, 3.05) is 6.54 Å². The van der Waals surface area contributed by atoms with E-state index >= 15 is 0 Å². The largest absolute Gasteiger partial charge is 0.355 e. The zero-order chi connectivity index (χ0) is 19.9. The molecule has 0 aliphatic rings. The molecule has 0 fully saturated rings. The number of aromatic nitrogens is 4. The summed E-state index contributed by atoms with van der Waals surface area (Å²) in [5, 5.41) is 15.2. The number of rotatable bonds is 8. The first-order chi connectivity index (χ1) is 13.5. The van der Waals surface area contributed by atoms with Crippen molar-refractivity contribution in [3.63, 3.8) is 0 Å². The Morgan fingerprint density at radius 1 is 1.07 bits per heavy atom. The molecule has 0 aliphatic carbocycles. The van der Waals surface area contributed by atoms with Crippen LogP contribution in [0, 0.1) is 0 Å². The van der Waals surface area contributed by atoms with Gasteiger partial charge in [0, 0.05) is 6.54 Å². The van der Waals surface area contributed by atoms with Crippen LogP contribution in [0.4, 0.5) is 0 Å². The number of amides is 1. The second-order valence-electron chi connectivity index (χ2n) is 6.91. The van der Waals surface area contributed by atoms with E-state index in [2.05, 4.69) is 59.0 Å². The second kappa shape index (κ2) is 9.50. The van der Waals surface area contributed by atoms with Crippen LogP contribution in [0.25, 0.3) is 5.69 Å². The predicted octanol–water partition coefficient (Wildman–Crippen LogP) is 3.63. The van der Waals surface area contributed by atoms with E-state index in [0.29, 0.717) is 17.6 Å². The van der Waals surface area contributed by atoms with Crippen LogP contribution in [0.1, 0.15) is 37.8 Å². The third kappa shape index (κ3) is 5.19. The third-order valence-corrected chi connectivity index (χ3v) is 5.49. The van der Waals surface area contributed by atoms with E-state index in [1.54, 1.807) is 4.68 Å². The number of carbonyl (C=O) groups excluding carboxylic acids is 1. The first-order valence-corrected chi connectivity index (χ1v) is 10.3. The second-order valence-corrected chi connectivity index (χ2v) is 8.21. The van der Waals surface area contributed by atoms with Gasteiger partial charge in [0.2, 0.25) is 11.1 Å². The smallest absolute Gasteiger partial charge is 0.233 e. The number of tetrazole rings is 1. The lowest BCUT2D eigenvalue weighted by atomic mass is 10.0. The molecule has 2 aromatic carbocycles. The lowest BCUT2D eigenvalue weighted by Crippen LogP contribution is -2.32. The summed E-state index contributed by atoms with van der Waals surface area (Å²) in [6, 6.07) is 18.3. The van der Waals surface area contributed by atoms with Crippen LogP contribution in [-0.2, 0) is 11.2 Å². The highest BCUT2D eigenvalue weighted by atomic mass is 32.2. The van der Waals surface area contributed by atoms with E-state index in [1.807, 2.05) is 37.3 Å². The summed E-state index contributed by atoms with van der Waals surface area (Å²) in [5.74, 6) is 0.446. The van der Waals surface area contributed by atoms with Gasteiger partial charge in [-0.25, -0.2) is 0 Å². The third-order valence-electron chi connectivity index (χ3n) is 4.45. The van der Waals surface area contributed by atoms with Crippen molar-refractivity contribution < 1.29 is 4.79 Å². The Morgan fingerprint density at radius 3 is 2.46 bits per heavy atom. The van der Waals surface area contributed by atoms with Crippen LogP contribution in [0.15, 0.2) is 59.8 Å². The van der Waals surface area contributed by atoms with E-state index in [0.717, 1.165) is 12.1 Å². The fourth-order valence-electron chi connectivity index (χ4n) is 2.74. The summed E-state index contributed by atoms with van der Waals surface area (Å²) >= 11 is 1.35. The standard InChI is InChI=1S/C21H25N5OS/c1-15(2)18-9-11-19(12-10-18)26-21(23-24-25-26)28-16(3)20(27)22-14-13-17-7-5-4-6-8-17/h4-12,15-16H,13-14H2,1-3H3,(H,22,27). The molecule has 1 N–H and O–H groups in total. The Morgan fingerprint density at radius 2 is 1.79 bits per heavy atom. The monoisotopic (exact) mass is 395 g/mol. The summed E-state index contributed by atoms with van der Waals surface area (Å²) in [4.78, 5) is 12.4. The number of hydrogen-bond acceptors (Lipinski definition) is 5. The molecule has 6 nitrogen and oxygen atoms in total. The van der Waals surface area contributed by atoms with Crippen LogP contribution in [0.3, 0.4) is 0 Å². The zero-order valence-corrected chi connectivity index (χ0v) is 17.2. The fourth-order valence-corrected chi connectivity index (χ4v) is 3.58. The molecule has 1 amide bonds. The molecule has 1 aromatic heterocycles. The van der Waals surface area contributed by atoms with Gasteiger partial charge < -0.3 is 5.32 Å². The Balaban J connectivity index is 1.57. The first-order valence-electron chi connectivity index (χ1n) is 9.41. The summed E-state index contributed by atoms with van der Waals surface area (Å²) in [6.07, 6.45) is 0.809. The molecule has 0 saturated heterocycles. The first kappa shape index (κ1) is 20.1. The highest BCUT2D eigenvalue weighted by Crippen LogP contribution is 2.24. The van der Waals surface area contributed by atoms with Gasteiger partial charge in [-0.1, -0.05) is 68.1 Å². The maximum atomic E-state index is 12.4. The molecule has 146 valence electrons. The minimum Gasteiger partial charge on any atom is -0.355 e. The maximum absolute atomic E-state index is 12.4. The molecule has 1 unspecified atom stereocenters. The lowest BCUT2D eigenvalue weighted by molar-refractivity contribution is -0.120. The van der Waals surface area contributed by atoms with Gasteiger partial charge in [-0.2, -0.15) is 4.68 Å². The van der Waals surface area contributed by atoms with Crippen molar-refractivity contribution in [2.45, 2.75) is 43.5 Å². The molecule has 0 bridgehead atoms. The van der Waals surface area contributed by atoms with Gasteiger partial charge in [0.05, 0.1) is 10.9 Å². The molecule has 0 aliphatic heterocycles. The minimum atomic E-state index is -0.296. The van der Waals surface area contributed by atoms with Crippen LogP contribution >= 0.6 is 11.8 Å². The van der Waals surface area contributed by atoms with Crippen molar-refractivity contribution in [2.24, 2.45) is 0 Å². The van der Waals surface area contributed by atoms with E-state index in [9.17, 15) is 4.79 Å². The Labute approximate surface area is 169 Å². The molecule has 0 saturated carbocycles. The van der Waals surface area contributed by atoms with Crippen LogP contribution in [0.2, 0.25) is 0 Å². The highest BCUT2D eigenvalue weighted by molar-refractivity contribution is 8.00. The molecule has 0 spiro atoms. The Hall–Kier alpha value is -2.67. The minimum absolute atomic E-state index is 0.0226. The Bertz CT molecular complexity index is 893. The average Bonchev–Trinajstić information content (AvgIpc) is 3.16. The molecule has 7 heteroatoms. The number of benzene rings is 2. The van der Waals surface area contributed by atoms with E-state index in [-0.39, 0.29) is 11.2 Å². The Kier molecular flexibility index (Phi) is 6.81. The summed E-state index contributed by atoms with van der Waals surface area (Å²) in [5.41, 5.74) is 3.35. The normalized spacial score (nSPS) is 12.1. The van der Waals surface area contributed by atoms with Gasteiger partial charge in [-0.05, 0) is 52.9 Å². The van der Waals surface area contributed by atoms with Gasteiger partial charge in [-0.3, -0.25) is 4.79 Å². The maximum Gasteiger partial charge on any atom is 0.233 e. The van der Waals surface area contributed by atoms with Crippen molar-refractivity contribution in [3.8, 4) is 5.69 Å². The quantitative estimate of drug-likeness (QED) is 0.590. The molecule has 1 heterocycles. The lowest BCUT2D eigenvalue weighted by Gasteiger charge is -2.12. The SMILES string of the molecule is CC(Sc1nnnn1-c1ccc(C(C)C)cc1)C(=O)NCCc1ccccc1. The molecular formula is C21H25N5OS. The predicted molar refractivity (Wildman–Crippen MR) is 112 cm³/mol. The van der Waals surface area contributed by atoms with Gasteiger partial charge in [0.25, 0.3) is 0 Å². The summed E-state index contributed by atoms with van der Waals surface area (Å²) < 4.78 is 1.67. The van der Waals surface area contributed by atoms with Gasteiger partial charge in [0.1, 0.15) is 0 Å². The van der Waals surface area contributed by atoms with Crippen LogP contribution in [0.5, 0.6) is 0 Å². The zero-order valence-electron chi connectivity index (χ0n) is 16.4. The van der Waals surface area contributed by atoms with E-state index < -0.39 is 0 Å². The molecule has 1 atom stereocenters. The number of nitrogens with one attached hydrogen (secondary N) is 1. The molecule has 28 heavy (non-hydrogen) atoms. The summed E-state index contributed by atoms with van der Waals surface area (Å²) in [7, 11) is 0. The van der Waals surface area contributed by atoms with Crippen molar-refractivity contribution >= 4 is 17.7 Å². The van der Waals surface area contributed by atoms with Crippen LogP contribution in [-0.4, -0.2) is 37.9 Å². The van der Waals surface area contributed by atoms with E-state index in [1.165, 1.54) is 22.9 Å². The van der Waals surface area contributed by atoms with Crippen LogP contribution < -0.4 is 5.32 Å². The molecule has 0 radical (unpaired) electrons. The molecule has 3 aromatic rings. The van der Waals surface area contributed by atoms with Gasteiger partial charge >= 0.3 is 0 Å². The topological polar surface area (TPSA) is 72.7 Å². The number of nitrogens with zero attached hydrogens (tertiary/aromatic N) is 4. The molecular weight excluding hydrogens is 370 g/mol. The molecule has 3 rings (SSSR count). The average molecular weight is 396 g/mol. The van der Waals surface area contributed by atoms with Crippen molar-refractivity contribution in [1.29, 1.82) is 0 Å². The van der Waals surface area contributed by atoms with E-state index in [4.69, 9.17) is 0 Å². The van der Waals surface area contributed by atoms with Crippen molar-refractivity contribution in [3.05, 3.63) is 65.7 Å². The number of thioether (sulfide) groups is 1. The fraction of sp³-hybridized carbons (Fsp3) is 0.333. The van der Waals surface area contributed by atoms with Gasteiger partial charge in [0.15, 0.2) is 0 Å². The highest BCUT2D eigenvalue weighted by Gasteiger charge is 2.19.